The lowest BCUT2D eigenvalue weighted by Crippen LogP contribution is -2.36. The average molecular weight is 320 g/mol. The highest BCUT2D eigenvalue weighted by molar-refractivity contribution is 6.30. The zero-order valence-corrected chi connectivity index (χ0v) is 14.2. The quantitative estimate of drug-likeness (QED) is 0.878. The number of carbonyl (C=O) groups is 1. The summed E-state index contributed by atoms with van der Waals surface area (Å²) in [7, 11) is 0. The van der Waals surface area contributed by atoms with Gasteiger partial charge in [-0.3, -0.25) is 9.89 Å². The van der Waals surface area contributed by atoms with Gasteiger partial charge in [0.2, 0.25) is 0 Å². The van der Waals surface area contributed by atoms with Gasteiger partial charge in [0.25, 0.3) is 5.91 Å². The molecule has 22 heavy (non-hydrogen) atoms. The molecule has 0 fully saturated rings. The molecule has 118 valence electrons. The average Bonchev–Trinajstić information content (AvgIpc) is 2.95. The van der Waals surface area contributed by atoms with Crippen LogP contribution in [0.2, 0.25) is 5.02 Å². The van der Waals surface area contributed by atoms with E-state index in [0.717, 1.165) is 11.3 Å². The van der Waals surface area contributed by atoms with E-state index in [-0.39, 0.29) is 11.3 Å². The SMILES string of the molecule is CC(C)c1cc(C(=O)NCC(C)(C)c2cccc(Cl)c2)n[nH]1. The Bertz CT molecular complexity index is 661. The predicted octanol–water partition coefficient (Wildman–Crippen LogP) is 3.89. The van der Waals surface area contributed by atoms with Crippen LogP contribution in [-0.4, -0.2) is 22.6 Å². The van der Waals surface area contributed by atoms with Gasteiger partial charge in [0.1, 0.15) is 5.69 Å². The molecule has 0 unspecified atom stereocenters. The molecule has 0 saturated carbocycles. The van der Waals surface area contributed by atoms with E-state index in [9.17, 15) is 4.79 Å². The van der Waals surface area contributed by atoms with E-state index in [1.165, 1.54) is 0 Å². The minimum Gasteiger partial charge on any atom is -0.350 e. The van der Waals surface area contributed by atoms with Crippen LogP contribution in [0.4, 0.5) is 0 Å². The summed E-state index contributed by atoms with van der Waals surface area (Å²) >= 11 is 6.04. The molecule has 0 bridgehead atoms. The first-order valence-corrected chi connectivity index (χ1v) is 7.77. The Kier molecular flexibility index (Phi) is 4.91. The zero-order chi connectivity index (χ0) is 16.3. The van der Waals surface area contributed by atoms with E-state index < -0.39 is 0 Å². The molecule has 0 aliphatic rings. The lowest BCUT2D eigenvalue weighted by atomic mass is 9.84. The van der Waals surface area contributed by atoms with Gasteiger partial charge in [0.05, 0.1) is 0 Å². The molecule has 0 atom stereocenters. The predicted molar refractivity (Wildman–Crippen MR) is 89.5 cm³/mol. The van der Waals surface area contributed by atoms with Gasteiger partial charge in [-0.1, -0.05) is 51.4 Å². The molecule has 0 saturated heterocycles. The Morgan fingerprint density at radius 2 is 2.09 bits per heavy atom. The van der Waals surface area contributed by atoms with E-state index in [2.05, 4.69) is 43.2 Å². The van der Waals surface area contributed by atoms with E-state index >= 15 is 0 Å². The minimum absolute atomic E-state index is 0.168. The van der Waals surface area contributed by atoms with Gasteiger partial charge in [-0.25, -0.2) is 0 Å². The number of nitrogens with one attached hydrogen (secondary N) is 2. The summed E-state index contributed by atoms with van der Waals surface area (Å²) in [6.07, 6.45) is 0. The van der Waals surface area contributed by atoms with E-state index in [4.69, 9.17) is 11.6 Å². The summed E-state index contributed by atoms with van der Waals surface area (Å²) in [5.74, 6) is 0.148. The third-order valence-corrected chi connectivity index (χ3v) is 3.98. The molecule has 0 aliphatic heterocycles. The first-order valence-electron chi connectivity index (χ1n) is 7.39. The summed E-state index contributed by atoms with van der Waals surface area (Å²) in [5.41, 5.74) is 2.26. The molecule has 0 spiro atoms. The highest BCUT2D eigenvalue weighted by Gasteiger charge is 2.22. The van der Waals surface area contributed by atoms with E-state index in [0.29, 0.717) is 23.2 Å². The maximum Gasteiger partial charge on any atom is 0.271 e. The van der Waals surface area contributed by atoms with Crippen LogP contribution in [0.15, 0.2) is 30.3 Å². The fourth-order valence-corrected chi connectivity index (χ4v) is 2.34. The molecule has 2 aromatic rings. The van der Waals surface area contributed by atoms with Gasteiger partial charge in [0.15, 0.2) is 0 Å². The Labute approximate surface area is 136 Å². The van der Waals surface area contributed by atoms with Crippen LogP contribution < -0.4 is 5.32 Å². The fraction of sp³-hybridized carbons (Fsp3) is 0.412. The molecule has 1 amide bonds. The molecular formula is C17H22ClN3O. The van der Waals surface area contributed by atoms with Crippen molar-refractivity contribution in [1.82, 2.24) is 15.5 Å². The van der Waals surface area contributed by atoms with E-state index in [1.54, 1.807) is 6.07 Å². The van der Waals surface area contributed by atoms with Crippen LogP contribution in [0, 0.1) is 0 Å². The highest BCUT2D eigenvalue weighted by atomic mass is 35.5. The third kappa shape index (κ3) is 3.89. The molecule has 1 heterocycles. The van der Waals surface area contributed by atoms with Gasteiger partial charge >= 0.3 is 0 Å². The number of amides is 1. The highest BCUT2D eigenvalue weighted by Crippen LogP contribution is 2.25. The number of carbonyl (C=O) groups excluding carboxylic acids is 1. The summed E-state index contributed by atoms with van der Waals surface area (Å²) < 4.78 is 0. The molecule has 2 N–H and O–H groups in total. The van der Waals surface area contributed by atoms with Crippen molar-refractivity contribution in [3.05, 3.63) is 52.3 Å². The number of H-pyrrole nitrogens is 1. The molecule has 0 radical (unpaired) electrons. The summed E-state index contributed by atoms with van der Waals surface area (Å²) in [6.45, 7) is 8.76. The van der Waals surface area contributed by atoms with Gasteiger partial charge in [-0.2, -0.15) is 5.10 Å². The van der Waals surface area contributed by atoms with Crippen molar-refractivity contribution in [2.45, 2.75) is 39.0 Å². The summed E-state index contributed by atoms with van der Waals surface area (Å²) in [6, 6.07) is 9.51. The van der Waals surface area contributed by atoms with Crippen molar-refractivity contribution in [1.29, 1.82) is 0 Å². The van der Waals surface area contributed by atoms with E-state index in [1.807, 2.05) is 24.3 Å². The van der Waals surface area contributed by atoms with Crippen LogP contribution >= 0.6 is 11.6 Å². The number of nitrogens with zero attached hydrogens (tertiary/aromatic N) is 1. The second kappa shape index (κ2) is 6.53. The summed E-state index contributed by atoms with van der Waals surface area (Å²) in [5, 5.41) is 10.6. The smallest absolute Gasteiger partial charge is 0.271 e. The monoisotopic (exact) mass is 319 g/mol. The van der Waals surface area contributed by atoms with Gasteiger partial charge in [-0.05, 0) is 29.7 Å². The minimum atomic E-state index is -0.211. The largest absolute Gasteiger partial charge is 0.350 e. The van der Waals surface area contributed by atoms with Crippen molar-refractivity contribution in [2.24, 2.45) is 0 Å². The van der Waals surface area contributed by atoms with Gasteiger partial charge in [0, 0.05) is 22.7 Å². The Morgan fingerprint density at radius 3 is 2.68 bits per heavy atom. The number of rotatable bonds is 5. The lowest BCUT2D eigenvalue weighted by Gasteiger charge is -2.25. The second-order valence-electron chi connectivity index (χ2n) is 6.44. The van der Waals surface area contributed by atoms with Crippen LogP contribution in [-0.2, 0) is 5.41 Å². The lowest BCUT2D eigenvalue weighted by molar-refractivity contribution is 0.0940. The third-order valence-electron chi connectivity index (χ3n) is 3.75. The number of aromatic amines is 1. The summed E-state index contributed by atoms with van der Waals surface area (Å²) in [4.78, 5) is 12.2. The van der Waals surface area contributed by atoms with Crippen LogP contribution in [0.5, 0.6) is 0 Å². The van der Waals surface area contributed by atoms with Crippen LogP contribution in [0.3, 0.4) is 0 Å². The molecule has 1 aromatic carbocycles. The Hall–Kier alpha value is -1.81. The molecule has 4 nitrogen and oxygen atoms in total. The van der Waals surface area contributed by atoms with Crippen LogP contribution in [0.1, 0.15) is 55.4 Å². The molecule has 2 rings (SSSR count). The Balaban J connectivity index is 2.03. The van der Waals surface area contributed by atoms with Crippen molar-refractivity contribution in [3.63, 3.8) is 0 Å². The van der Waals surface area contributed by atoms with Gasteiger partial charge < -0.3 is 5.32 Å². The molecular weight excluding hydrogens is 298 g/mol. The molecule has 5 heteroatoms. The zero-order valence-electron chi connectivity index (χ0n) is 13.4. The number of aromatic nitrogens is 2. The normalized spacial score (nSPS) is 11.7. The first kappa shape index (κ1) is 16.6. The maximum atomic E-state index is 12.2. The topological polar surface area (TPSA) is 57.8 Å². The maximum absolute atomic E-state index is 12.2. The number of hydrogen-bond acceptors (Lipinski definition) is 2. The Morgan fingerprint density at radius 1 is 1.36 bits per heavy atom. The number of hydrogen-bond donors (Lipinski definition) is 2. The number of benzene rings is 1. The van der Waals surface area contributed by atoms with Crippen LogP contribution in [0.25, 0.3) is 0 Å². The fourth-order valence-electron chi connectivity index (χ4n) is 2.15. The van der Waals surface area contributed by atoms with Crippen molar-refractivity contribution in [3.8, 4) is 0 Å². The number of halogens is 1. The first-order chi connectivity index (χ1) is 10.3. The van der Waals surface area contributed by atoms with Crippen molar-refractivity contribution < 1.29 is 4.79 Å². The molecule has 1 aromatic heterocycles. The van der Waals surface area contributed by atoms with Crippen molar-refractivity contribution in [2.75, 3.05) is 6.54 Å². The van der Waals surface area contributed by atoms with Gasteiger partial charge in [-0.15, -0.1) is 0 Å². The standard InChI is InChI=1S/C17H22ClN3O/c1-11(2)14-9-15(21-20-14)16(22)19-10-17(3,4)12-6-5-7-13(18)8-12/h5-9,11H,10H2,1-4H3,(H,19,22)(H,20,21). The second-order valence-corrected chi connectivity index (χ2v) is 6.88. The molecule has 0 aliphatic carbocycles. The van der Waals surface area contributed by atoms with Crippen molar-refractivity contribution >= 4 is 17.5 Å².